The van der Waals surface area contributed by atoms with Gasteiger partial charge in [0.2, 0.25) is 5.56 Å². The van der Waals surface area contributed by atoms with Crippen LogP contribution >= 0.6 is 0 Å². The first kappa shape index (κ1) is 26.0. The number of hydrogen-bond donors (Lipinski definition) is 2. The minimum Gasteiger partial charge on any atom is -0.489 e. The van der Waals surface area contributed by atoms with Crippen LogP contribution in [0.3, 0.4) is 0 Å². The first-order valence-electron chi connectivity index (χ1n) is 13.0. The van der Waals surface area contributed by atoms with Crippen LogP contribution in [0.4, 0.5) is 9.18 Å². The average Bonchev–Trinajstić information content (AvgIpc) is 3.19. The van der Waals surface area contributed by atoms with Crippen molar-refractivity contribution in [2.45, 2.75) is 57.3 Å². The van der Waals surface area contributed by atoms with Crippen molar-refractivity contribution in [1.29, 1.82) is 0 Å². The number of para-hydroxylation sites is 1. The molecular formula is C29H34FN3O5. The molecule has 38 heavy (non-hydrogen) atoms. The number of piperidine rings is 1. The number of pyridine rings is 1. The van der Waals surface area contributed by atoms with E-state index in [0.29, 0.717) is 24.2 Å². The fraction of sp³-hybridized carbons (Fsp3) is 0.448. The SMILES string of the molecule is CC(C)(C)OC(=O)N[C@H](COc1cccc2ccc(=O)[nH]c12)CN1CCC2(CC1)Cc1cc(F)ccc1O2. The summed E-state index contributed by atoms with van der Waals surface area (Å²) in [6.45, 7) is 7.74. The summed E-state index contributed by atoms with van der Waals surface area (Å²) >= 11 is 0. The van der Waals surface area contributed by atoms with Crippen LogP contribution in [-0.2, 0) is 11.2 Å². The Morgan fingerprint density at radius 3 is 2.74 bits per heavy atom. The molecule has 0 saturated carbocycles. The van der Waals surface area contributed by atoms with Crippen LogP contribution in [0.1, 0.15) is 39.2 Å². The Morgan fingerprint density at radius 1 is 1.18 bits per heavy atom. The maximum absolute atomic E-state index is 13.7. The predicted octanol–water partition coefficient (Wildman–Crippen LogP) is 4.41. The molecule has 2 aliphatic heterocycles. The molecule has 2 N–H and O–H groups in total. The second kappa shape index (κ2) is 10.3. The maximum atomic E-state index is 13.7. The summed E-state index contributed by atoms with van der Waals surface area (Å²) in [5.74, 6) is 1.07. The van der Waals surface area contributed by atoms with Crippen molar-refractivity contribution in [2.24, 2.45) is 0 Å². The minimum atomic E-state index is -0.629. The predicted molar refractivity (Wildman–Crippen MR) is 142 cm³/mol. The van der Waals surface area contributed by atoms with Crippen molar-refractivity contribution in [1.82, 2.24) is 15.2 Å². The Morgan fingerprint density at radius 2 is 1.97 bits per heavy atom. The number of ether oxygens (including phenoxy) is 3. The van der Waals surface area contributed by atoms with Crippen LogP contribution in [0.2, 0.25) is 0 Å². The number of rotatable bonds is 6. The third-order valence-electron chi connectivity index (χ3n) is 6.99. The number of likely N-dealkylation sites (tertiary alicyclic amines) is 1. The van der Waals surface area contributed by atoms with Gasteiger partial charge in [-0.3, -0.25) is 4.79 Å². The lowest BCUT2D eigenvalue weighted by Crippen LogP contribution is -2.53. The smallest absolute Gasteiger partial charge is 0.408 e. The van der Waals surface area contributed by atoms with Crippen molar-refractivity contribution in [3.8, 4) is 11.5 Å². The van der Waals surface area contributed by atoms with Gasteiger partial charge in [-0.2, -0.15) is 0 Å². The van der Waals surface area contributed by atoms with Gasteiger partial charge in [0, 0.05) is 55.9 Å². The third kappa shape index (κ3) is 6.10. The fourth-order valence-electron chi connectivity index (χ4n) is 5.21. The number of amides is 1. The molecule has 3 aromatic rings. The van der Waals surface area contributed by atoms with Gasteiger partial charge in [0.1, 0.15) is 35.1 Å². The highest BCUT2D eigenvalue weighted by atomic mass is 19.1. The zero-order chi connectivity index (χ0) is 26.9. The van der Waals surface area contributed by atoms with Crippen molar-refractivity contribution in [2.75, 3.05) is 26.2 Å². The van der Waals surface area contributed by atoms with Crippen molar-refractivity contribution >= 4 is 17.0 Å². The van der Waals surface area contributed by atoms with E-state index in [1.807, 2.05) is 32.9 Å². The van der Waals surface area contributed by atoms with Crippen LogP contribution in [-0.4, -0.2) is 59.5 Å². The second-order valence-electron chi connectivity index (χ2n) is 11.2. The van der Waals surface area contributed by atoms with Crippen LogP contribution < -0.4 is 20.3 Å². The molecule has 9 heteroatoms. The van der Waals surface area contributed by atoms with Gasteiger partial charge in [-0.25, -0.2) is 9.18 Å². The molecule has 1 fully saturated rings. The number of halogens is 1. The number of fused-ring (bicyclic) bond motifs is 2. The summed E-state index contributed by atoms with van der Waals surface area (Å²) < 4.78 is 31.6. The van der Waals surface area contributed by atoms with Gasteiger partial charge in [-0.1, -0.05) is 12.1 Å². The van der Waals surface area contributed by atoms with Gasteiger partial charge in [-0.15, -0.1) is 0 Å². The number of aromatic nitrogens is 1. The van der Waals surface area contributed by atoms with Gasteiger partial charge in [0.25, 0.3) is 0 Å². The Hall–Kier alpha value is -3.59. The molecule has 202 valence electrons. The Labute approximate surface area is 221 Å². The molecule has 1 amide bonds. The standard InChI is InChI=1S/C29H34FN3O5/c1-28(2,3)38-27(35)31-22(18-36-24-6-4-5-19-7-10-25(34)32-26(19)24)17-33-13-11-29(12-14-33)16-20-15-21(30)8-9-23(20)37-29/h4-10,15,22H,11-14,16-18H2,1-3H3,(H,31,35)(H,32,34)/t22-/m0/s1. The maximum Gasteiger partial charge on any atom is 0.408 e. The molecule has 1 aromatic heterocycles. The quantitative estimate of drug-likeness (QED) is 0.497. The highest BCUT2D eigenvalue weighted by Crippen LogP contribution is 2.41. The zero-order valence-electron chi connectivity index (χ0n) is 22.0. The summed E-state index contributed by atoms with van der Waals surface area (Å²) in [6, 6.07) is 13.1. The molecule has 0 bridgehead atoms. The van der Waals surface area contributed by atoms with Gasteiger partial charge in [-0.05, 0) is 51.1 Å². The molecule has 1 saturated heterocycles. The van der Waals surface area contributed by atoms with E-state index >= 15 is 0 Å². The highest BCUT2D eigenvalue weighted by Gasteiger charge is 2.42. The van der Waals surface area contributed by atoms with Gasteiger partial charge >= 0.3 is 6.09 Å². The second-order valence-corrected chi connectivity index (χ2v) is 11.2. The monoisotopic (exact) mass is 523 g/mol. The number of carbonyl (C=O) groups is 1. The lowest BCUT2D eigenvalue weighted by Gasteiger charge is -2.40. The van der Waals surface area contributed by atoms with E-state index in [2.05, 4.69) is 15.2 Å². The van der Waals surface area contributed by atoms with E-state index in [-0.39, 0.29) is 29.6 Å². The first-order chi connectivity index (χ1) is 18.1. The molecule has 8 nitrogen and oxygen atoms in total. The van der Waals surface area contributed by atoms with Gasteiger partial charge < -0.3 is 29.4 Å². The van der Waals surface area contributed by atoms with Gasteiger partial charge in [0.15, 0.2) is 0 Å². The van der Waals surface area contributed by atoms with E-state index in [4.69, 9.17) is 14.2 Å². The fourth-order valence-corrected chi connectivity index (χ4v) is 5.21. The number of benzene rings is 2. The lowest BCUT2D eigenvalue weighted by molar-refractivity contribution is 0.0129. The molecule has 1 atom stereocenters. The number of aromatic amines is 1. The molecule has 2 aliphatic rings. The van der Waals surface area contributed by atoms with Crippen molar-refractivity contribution in [3.05, 3.63) is 70.3 Å². The van der Waals surface area contributed by atoms with Crippen LogP contribution in [0.15, 0.2) is 53.3 Å². The van der Waals surface area contributed by atoms with E-state index in [1.165, 1.54) is 12.1 Å². The summed E-state index contributed by atoms with van der Waals surface area (Å²) in [6.07, 6.45) is 1.79. The Balaban J connectivity index is 1.25. The van der Waals surface area contributed by atoms with E-state index < -0.39 is 11.7 Å². The topological polar surface area (TPSA) is 92.9 Å². The number of hydrogen-bond acceptors (Lipinski definition) is 6. The Bertz CT molecular complexity index is 1370. The summed E-state index contributed by atoms with van der Waals surface area (Å²) in [5.41, 5.74) is 0.385. The molecule has 1 spiro atoms. The average molecular weight is 524 g/mol. The van der Waals surface area contributed by atoms with E-state index in [0.717, 1.165) is 42.6 Å². The highest BCUT2D eigenvalue weighted by molar-refractivity contribution is 5.84. The number of carbonyl (C=O) groups excluding carboxylic acids is 1. The van der Waals surface area contributed by atoms with Crippen LogP contribution in [0.5, 0.6) is 11.5 Å². The number of nitrogens with zero attached hydrogens (tertiary/aromatic N) is 1. The van der Waals surface area contributed by atoms with Crippen LogP contribution in [0.25, 0.3) is 10.9 Å². The summed E-state index contributed by atoms with van der Waals surface area (Å²) in [5, 5.41) is 3.82. The normalized spacial score (nSPS) is 17.6. The van der Waals surface area contributed by atoms with Crippen LogP contribution in [0, 0.1) is 5.82 Å². The van der Waals surface area contributed by atoms with E-state index in [9.17, 15) is 14.0 Å². The van der Waals surface area contributed by atoms with Gasteiger partial charge in [0.05, 0.1) is 11.6 Å². The molecule has 0 aliphatic carbocycles. The minimum absolute atomic E-state index is 0.193. The number of nitrogens with one attached hydrogen (secondary N) is 2. The zero-order valence-corrected chi connectivity index (χ0v) is 22.0. The molecule has 3 heterocycles. The van der Waals surface area contributed by atoms with Crippen molar-refractivity contribution in [3.63, 3.8) is 0 Å². The molecule has 0 unspecified atom stereocenters. The largest absolute Gasteiger partial charge is 0.489 e. The lowest BCUT2D eigenvalue weighted by atomic mass is 9.87. The number of H-pyrrole nitrogens is 1. The molecular weight excluding hydrogens is 489 g/mol. The molecule has 0 radical (unpaired) electrons. The Kier molecular flexibility index (Phi) is 7.05. The number of alkyl carbamates (subject to hydrolysis) is 1. The van der Waals surface area contributed by atoms with E-state index in [1.54, 1.807) is 24.3 Å². The van der Waals surface area contributed by atoms with Crippen molar-refractivity contribution < 1.29 is 23.4 Å². The molecule has 5 rings (SSSR count). The first-order valence-corrected chi connectivity index (χ1v) is 13.0. The summed E-state index contributed by atoms with van der Waals surface area (Å²) in [7, 11) is 0. The molecule has 2 aromatic carbocycles. The third-order valence-corrected chi connectivity index (χ3v) is 6.99. The summed E-state index contributed by atoms with van der Waals surface area (Å²) in [4.78, 5) is 29.6.